The predicted octanol–water partition coefficient (Wildman–Crippen LogP) is 3.44. The quantitative estimate of drug-likeness (QED) is 0.666. The van der Waals surface area contributed by atoms with Gasteiger partial charge in [0.15, 0.2) is 11.3 Å². The summed E-state index contributed by atoms with van der Waals surface area (Å²) in [6.45, 7) is 3.29. The number of carboxylic acid groups (broad SMARTS) is 1. The summed E-state index contributed by atoms with van der Waals surface area (Å²) in [6, 6.07) is 11.9. The highest BCUT2D eigenvalue weighted by Crippen LogP contribution is 2.33. The highest BCUT2D eigenvalue weighted by Gasteiger charge is 2.25. The Labute approximate surface area is 165 Å². The van der Waals surface area contributed by atoms with Crippen molar-refractivity contribution >= 4 is 40.6 Å². The monoisotopic (exact) mass is 398 g/mol. The number of nitrogens with zero attached hydrogens (tertiary/aromatic N) is 1. The molecule has 1 aliphatic rings. The minimum atomic E-state index is -1.08. The molecule has 1 amide bonds. The smallest absolute Gasteiger partial charge is 0.344 e. The van der Waals surface area contributed by atoms with Crippen LogP contribution in [0.1, 0.15) is 18.1 Å². The Morgan fingerprint density at radius 3 is 2.75 bits per heavy atom. The molecule has 1 fully saturated rings. The number of hydrogen-bond donors (Lipinski definition) is 3. The number of aliphatic imine (C=N–C) groups is 1. The van der Waals surface area contributed by atoms with E-state index < -0.39 is 12.1 Å². The molecular formula is C20H18N2O5S. The van der Waals surface area contributed by atoms with Crippen molar-refractivity contribution in [3.05, 3.63) is 58.5 Å². The topological polar surface area (TPSA) is 108 Å². The van der Waals surface area contributed by atoms with Gasteiger partial charge in [-0.2, -0.15) is 0 Å². The first kappa shape index (κ1) is 19.5. The number of amides is 1. The summed E-state index contributed by atoms with van der Waals surface area (Å²) in [5.41, 5.74) is 1.83. The molecule has 8 heteroatoms. The van der Waals surface area contributed by atoms with E-state index >= 15 is 0 Å². The molecule has 1 atom stereocenters. The molecule has 0 saturated carbocycles. The molecule has 0 bridgehead atoms. The van der Waals surface area contributed by atoms with E-state index in [1.807, 2.05) is 13.0 Å². The molecule has 1 saturated heterocycles. The normalized spacial score (nSPS) is 17.6. The van der Waals surface area contributed by atoms with Crippen LogP contribution in [-0.2, 0) is 9.59 Å². The third-order valence-electron chi connectivity index (χ3n) is 3.86. The molecule has 144 valence electrons. The van der Waals surface area contributed by atoms with Gasteiger partial charge in [-0.1, -0.05) is 24.3 Å². The molecule has 1 aliphatic heterocycles. The molecule has 0 aliphatic carbocycles. The number of carbonyl (C=O) groups is 2. The standard InChI is InChI=1S/C20H18N2O5S/c1-11-7-8-14(15(23)9-11)21-20-22-18(24)17(28-20)10-13-5-3-4-6-16(13)27-12(2)19(25)26/h3-10,12,23H,1-2H3,(H,25,26)(H,21,22,24)/b17-10-. The number of ether oxygens (including phenoxy) is 1. The number of carboxylic acids is 1. The first-order valence-electron chi connectivity index (χ1n) is 8.41. The number of hydrogen-bond acceptors (Lipinski definition) is 6. The summed E-state index contributed by atoms with van der Waals surface area (Å²) in [7, 11) is 0. The van der Waals surface area contributed by atoms with E-state index in [1.54, 1.807) is 42.5 Å². The zero-order chi connectivity index (χ0) is 20.3. The van der Waals surface area contributed by atoms with Crippen molar-refractivity contribution in [2.75, 3.05) is 0 Å². The number of para-hydroxylation sites is 1. The lowest BCUT2D eigenvalue weighted by molar-refractivity contribution is -0.144. The van der Waals surface area contributed by atoms with E-state index in [9.17, 15) is 14.7 Å². The number of benzene rings is 2. The molecule has 3 rings (SSSR count). The average molecular weight is 398 g/mol. The number of aliphatic carboxylic acids is 1. The minimum Gasteiger partial charge on any atom is -0.506 e. The van der Waals surface area contributed by atoms with Gasteiger partial charge in [0.25, 0.3) is 5.91 Å². The lowest BCUT2D eigenvalue weighted by atomic mass is 10.2. The molecule has 28 heavy (non-hydrogen) atoms. The fourth-order valence-electron chi connectivity index (χ4n) is 2.41. The first-order chi connectivity index (χ1) is 13.3. The van der Waals surface area contributed by atoms with Gasteiger partial charge in [0.05, 0.1) is 4.91 Å². The Morgan fingerprint density at radius 1 is 1.29 bits per heavy atom. The molecule has 3 N–H and O–H groups in total. The SMILES string of the molecule is Cc1ccc(N=C2NC(=O)/C(=C/c3ccccc3OC(C)C(=O)O)S2)c(O)c1. The number of thioether (sulfide) groups is 1. The van der Waals surface area contributed by atoms with Gasteiger partial charge in [-0.3, -0.25) is 4.79 Å². The number of aryl methyl sites for hydroxylation is 1. The number of aromatic hydroxyl groups is 1. The fraction of sp³-hybridized carbons (Fsp3) is 0.150. The van der Waals surface area contributed by atoms with Crippen molar-refractivity contribution < 1.29 is 24.5 Å². The van der Waals surface area contributed by atoms with Crippen molar-refractivity contribution in [3.8, 4) is 11.5 Å². The van der Waals surface area contributed by atoms with Gasteiger partial charge in [0.1, 0.15) is 17.2 Å². The van der Waals surface area contributed by atoms with Crippen LogP contribution in [0.5, 0.6) is 11.5 Å². The molecule has 2 aromatic carbocycles. The average Bonchev–Trinajstić information content (AvgIpc) is 2.98. The molecule has 0 radical (unpaired) electrons. The van der Waals surface area contributed by atoms with Crippen molar-refractivity contribution in [1.29, 1.82) is 0 Å². The summed E-state index contributed by atoms with van der Waals surface area (Å²) >= 11 is 1.12. The Balaban J connectivity index is 1.85. The van der Waals surface area contributed by atoms with Gasteiger partial charge in [-0.15, -0.1) is 0 Å². The Kier molecular flexibility index (Phi) is 5.70. The molecule has 1 unspecified atom stereocenters. The Bertz CT molecular complexity index is 1000. The number of phenols is 1. The number of phenolic OH excluding ortho intramolecular Hbond substituents is 1. The van der Waals surface area contributed by atoms with E-state index in [1.165, 1.54) is 6.92 Å². The largest absolute Gasteiger partial charge is 0.506 e. The molecule has 0 spiro atoms. The second kappa shape index (κ2) is 8.18. The van der Waals surface area contributed by atoms with Gasteiger partial charge in [-0.05, 0) is 55.4 Å². The number of amidine groups is 1. The molecular weight excluding hydrogens is 380 g/mol. The molecule has 0 aromatic heterocycles. The third kappa shape index (κ3) is 4.52. The molecule has 7 nitrogen and oxygen atoms in total. The summed E-state index contributed by atoms with van der Waals surface area (Å²) in [6.07, 6.45) is 0.591. The van der Waals surface area contributed by atoms with Crippen LogP contribution in [0.4, 0.5) is 5.69 Å². The van der Waals surface area contributed by atoms with Gasteiger partial charge < -0.3 is 20.3 Å². The van der Waals surface area contributed by atoms with Gasteiger partial charge in [0.2, 0.25) is 0 Å². The second-order valence-corrected chi connectivity index (χ2v) is 7.14. The van der Waals surface area contributed by atoms with Crippen molar-refractivity contribution in [2.45, 2.75) is 20.0 Å². The number of rotatable bonds is 5. The Hall–Kier alpha value is -3.26. The van der Waals surface area contributed by atoms with E-state index in [4.69, 9.17) is 9.84 Å². The van der Waals surface area contributed by atoms with E-state index in [2.05, 4.69) is 10.3 Å². The van der Waals surface area contributed by atoms with Crippen LogP contribution in [0.3, 0.4) is 0 Å². The van der Waals surface area contributed by atoms with Crippen LogP contribution in [0.2, 0.25) is 0 Å². The second-order valence-electron chi connectivity index (χ2n) is 6.11. The lowest BCUT2D eigenvalue weighted by Gasteiger charge is -2.12. The van der Waals surface area contributed by atoms with Crippen LogP contribution in [-0.4, -0.2) is 33.4 Å². The third-order valence-corrected chi connectivity index (χ3v) is 4.77. The first-order valence-corrected chi connectivity index (χ1v) is 9.23. The van der Waals surface area contributed by atoms with Gasteiger partial charge in [0, 0.05) is 5.56 Å². The van der Waals surface area contributed by atoms with Crippen LogP contribution in [0.25, 0.3) is 6.08 Å². The summed E-state index contributed by atoms with van der Waals surface area (Å²) in [5, 5.41) is 22.0. The van der Waals surface area contributed by atoms with E-state index in [-0.39, 0.29) is 11.7 Å². The van der Waals surface area contributed by atoms with Gasteiger partial charge >= 0.3 is 5.97 Å². The highest BCUT2D eigenvalue weighted by atomic mass is 32.2. The van der Waals surface area contributed by atoms with Crippen LogP contribution < -0.4 is 10.1 Å². The maximum Gasteiger partial charge on any atom is 0.344 e. The minimum absolute atomic E-state index is 0.0289. The zero-order valence-corrected chi connectivity index (χ0v) is 16.0. The fourth-order valence-corrected chi connectivity index (χ4v) is 3.23. The van der Waals surface area contributed by atoms with Crippen molar-refractivity contribution in [2.24, 2.45) is 4.99 Å². The van der Waals surface area contributed by atoms with Crippen LogP contribution >= 0.6 is 11.8 Å². The van der Waals surface area contributed by atoms with E-state index in [0.29, 0.717) is 27.1 Å². The van der Waals surface area contributed by atoms with Crippen LogP contribution in [0.15, 0.2) is 52.4 Å². The zero-order valence-electron chi connectivity index (χ0n) is 15.2. The Morgan fingerprint density at radius 2 is 2.04 bits per heavy atom. The van der Waals surface area contributed by atoms with Crippen LogP contribution in [0, 0.1) is 6.92 Å². The number of carbonyl (C=O) groups excluding carboxylic acids is 1. The van der Waals surface area contributed by atoms with Gasteiger partial charge in [-0.25, -0.2) is 9.79 Å². The summed E-state index contributed by atoms with van der Waals surface area (Å²) < 4.78 is 5.45. The summed E-state index contributed by atoms with van der Waals surface area (Å²) in [5.74, 6) is -1.03. The highest BCUT2D eigenvalue weighted by molar-refractivity contribution is 8.18. The molecule has 1 heterocycles. The predicted molar refractivity (Wildman–Crippen MR) is 108 cm³/mol. The van der Waals surface area contributed by atoms with E-state index in [0.717, 1.165) is 17.3 Å². The lowest BCUT2D eigenvalue weighted by Crippen LogP contribution is -2.23. The summed E-state index contributed by atoms with van der Waals surface area (Å²) in [4.78, 5) is 28.0. The maximum absolute atomic E-state index is 12.3. The van der Waals surface area contributed by atoms with Crippen molar-refractivity contribution in [1.82, 2.24) is 5.32 Å². The molecule has 2 aromatic rings. The van der Waals surface area contributed by atoms with Crippen molar-refractivity contribution in [3.63, 3.8) is 0 Å². The maximum atomic E-state index is 12.3. The number of nitrogens with one attached hydrogen (secondary N) is 1.